The van der Waals surface area contributed by atoms with Crippen LogP contribution in [0, 0.1) is 0 Å². The Morgan fingerprint density at radius 3 is 2.75 bits per heavy atom. The van der Waals surface area contributed by atoms with Crippen LogP contribution in [0.3, 0.4) is 0 Å². The van der Waals surface area contributed by atoms with Crippen molar-refractivity contribution >= 4 is 40.6 Å². The van der Waals surface area contributed by atoms with Crippen molar-refractivity contribution in [1.29, 1.82) is 0 Å². The third-order valence-corrected chi connectivity index (χ3v) is 5.86. The molecule has 7 heteroatoms. The van der Waals surface area contributed by atoms with Crippen LogP contribution < -0.4 is 5.32 Å². The zero-order chi connectivity index (χ0) is 13.9. The average Bonchev–Trinajstić information content (AvgIpc) is 3.11. The van der Waals surface area contributed by atoms with E-state index in [-0.39, 0.29) is 11.9 Å². The highest BCUT2D eigenvalue weighted by atomic mass is 35.5. The largest absolute Gasteiger partial charge is 0.339 e. The van der Waals surface area contributed by atoms with E-state index >= 15 is 0 Å². The minimum atomic E-state index is 0.0302. The Kier molecular flexibility index (Phi) is 4.88. The molecular weight excluding hydrogens is 314 g/mol. The van der Waals surface area contributed by atoms with E-state index in [9.17, 15) is 4.79 Å². The predicted molar refractivity (Wildman–Crippen MR) is 85.4 cm³/mol. The monoisotopic (exact) mass is 331 g/mol. The molecule has 1 unspecified atom stereocenters. The smallest absolute Gasteiger partial charge is 0.240 e. The Bertz CT molecular complexity index is 468. The number of thioether (sulfide) groups is 1. The Labute approximate surface area is 132 Å². The summed E-state index contributed by atoms with van der Waals surface area (Å²) in [5.41, 5.74) is 0. The van der Waals surface area contributed by atoms with Crippen LogP contribution in [0.5, 0.6) is 0 Å². The number of nitrogens with zero attached hydrogens (tertiary/aromatic N) is 2. The highest BCUT2D eigenvalue weighted by molar-refractivity contribution is 7.99. The topological polar surface area (TPSA) is 35.6 Å². The second kappa shape index (κ2) is 6.66. The SMILES string of the molecule is O=C(C1CSCN1)N1CCN(Cc2ccc(Cl)s2)CC1. The molecule has 2 aliphatic rings. The van der Waals surface area contributed by atoms with E-state index in [1.54, 1.807) is 23.1 Å². The van der Waals surface area contributed by atoms with Crippen molar-refractivity contribution in [3.63, 3.8) is 0 Å². The maximum atomic E-state index is 12.3. The molecule has 1 atom stereocenters. The lowest BCUT2D eigenvalue weighted by molar-refractivity contribution is -0.134. The quantitative estimate of drug-likeness (QED) is 0.914. The molecule has 20 heavy (non-hydrogen) atoms. The maximum absolute atomic E-state index is 12.3. The van der Waals surface area contributed by atoms with E-state index in [2.05, 4.69) is 16.3 Å². The fraction of sp³-hybridized carbons (Fsp3) is 0.615. The minimum absolute atomic E-state index is 0.0302. The zero-order valence-corrected chi connectivity index (χ0v) is 13.6. The summed E-state index contributed by atoms with van der Waals surface area (Å²) in [6.45, 7) is 4.50. The van der Waals surface area contributed by atoms with Crippen LogP contribution in [-0.4, -0.2) is 59.6 Å². The van der Waals surface area contributed by atoms with Gasteiger partial charge in [0.15, 0.2) is 0 Å². The summed E-state index contributed by atoms with van der Waals surface area (Å²) in [6.07, 6.45) is 0. The number of halogens is 1. The van der Waals surface area contributed by atoms with E-state index < -0.39 is 0 Å². The molecule has 2 saturated heterocycles. The number of hydrogen-bond donors (Lipinski definition) is 1. The van der Waals surface area contributed by atoms with E-state index in [1.807, 2.05) is 11.0 Å². The molecule has 0 bridgehead atoms. The highest BCUT2D eigenvalue weighted by Crippen LogP contribution is 2.23. The van der Waals surface area contributed by atoms with Crippen molar-refractivity contribution in [2.45, 2.75) is 12.6 Å². The van der Waals surface area contributed by atoms with Crippen molar-refractivity contribution in [3.8, 4) is 0 Å². The molecule has 1 aromatic heterocycles. The molecule has 0 saturated carbocycles. The first-order chi connectivity index (χ1) is 9.72. The molecule has 0 aliphatic carbocycles. The van der Waals surface area contributed by atoms with Gasteiger partial charge in [-0.3, -0.25) is 15.0 Å². The van der Waals surface area contributed by atoms with Gasteiger partial charge in [-0.2, -0.15) is 0 Å². The van der Waals surface area contributed by atoms with Gasteiger partial charge in [0.2, 0.25) is 5.91 Å². The summed E-state index contributed by atoms with van der Waals surface area (Å²) in [5.74, 6) is 2.08. The number of thiophene rings is 1. The van der Waals surface area contributed by atoms with Gasteiger partial charge >= 0.3 is 0 Å². The number of hydrogen-bond acceptors (Lipinski definition) is 5. The number of piperazine rings is 1. The second-order valence-corrected chi connectivity index (χ2v) is 7.91. The van der Waals surface area contributed by atoms with Gasteiger partial charge in [-0.05, 0) is 12.1 Å². The van der Waals surface area contributed by atoms with Gasteiger partial charge < -0.3 is 4.90 Å². The van der Waals surface area contributed by atoms with Gasteiger partial charge in [0, 0.05) is 49.2 Å². The molecule has 1 aromatic rings. The predicted octanol–water partition coefficient (Wildman–Crippen LogP) is 1.71. The summed E-state index contributed by atoms with van der Waals surface area (Å²) in [4.78, 5) is 18.0. The molecule has 0 spiro atoms. The first kappa shape index (κ1) is 14.7. The van der Waals surface area contributed by atoms with E-state index in [0.29, 0.717) is 0 Å². The molecular formula is C13H18ClN3OS2. The summed E-state index contributed by atoms with van der Waals surface area (Å²) >= 11 is 9.39. The van der Waals surface area contributed by atoms with Gasteiger partial charge in [-0.25, -0.2) is 0 Å². The van der Waals surface area contributed by atoms with Crippen molar-refractivity contribution in [3.05, 3.63) is 21.3 Å². The number of carbonyl (C=O) groups is 1. The van der Waals surface area contributed by atoms with Gasteiger partial charge in [0.25, 0.3) is 0 Å². The zero-order valence-electron chi connectivity index (χ0n) is 11.2. The second-order valence-electron chi connectivity index (χ2n) is 5.08. The fourth-order valence-corrected chi connectivity index (χ4v) is 4.62. The molecule has 4 nitrogen and oxygen atoms in total. The molecule has 1 N–H and O–H groups in total. The lowest BCUT2D eigenvalue weighted by Crippen LogP contribution is -2.53. The lowest BCUT2D eigenvalue weighted by atomic mass is 10.2. The van der Waals surface area contributed by atoms with Crippen molar-refractivity contribution < 1.29 is 4.79 Å². The number of carbonyl (C=O) groups excluding carboxylic acids is 1. The third-order valence-electron chi connectivity index (χ3n) is 3.71. The van der Waals surface area contributed by atoms with Crippen LogP contribution in [0.1, 0.15) is 4.88 Å². The Hall–Kier alpha value is -0.270. The van der Waals surface area contributed by atoms with Gasteiger partial charge in [-0.1, -0.05) is 11.6 Å². The van der Waals surface area contributed by atoms with E-state index in [0.717, 1.165) is 48.7 Å². The molecule has 3 rings (SSSR count). The van der Waals surface area contributed by atoms with Crippen molar-refractivity contribution in [1.82, 2.24) is 15.1 Å². The summed E-state index contributed by atoms with van der Waals surface area (Å²) in [5, 5.41) is 3.25. The first-order valence-corrected chi connectivity index (χ1v) is 9.14. The fourth-order valence-electron chi connectivity index (χ4n) is 2.56. The number of nitrogens with one attached hydrogen (secondary N) is 1. The van der Waals surface area contributed by atoms with Crippen LogP contribution in [0.2, 0.25) is 4.34 Å². The van der Waals surface area contributed by atoms with E-state index in [4.69, 9.17) is 11.6 Å². The molecule has 0 radical (unpaired) electrons. The first-order valence-electron chi connectivity index (χ1n) is 6.79. The van der Waals surface area contributed by atoms with Crippen LogP contribution in [-0.2, 0) is 11.3 Å². The molecule has 110 valence electrons. The van der Waals surface area contributed by atoms with E-state index in [1.165, 1.54) is 4.88 Å². The van der Waals surface area contributed by atoms with Crippen molar-refractivity contribution in [2.75, 3.05) is 37.8 Å². The number of amides is 1. The Morgan fingerprint density at radius 2 is 2.15 bits per heavy atom. The van der Waals surface area contributed by atoms with Gasteiger partial charge in [-0.15, -0.1) is 23.1 Å². The molecule has 0 aromatic carbocycles. The summed E-state index contributed by atoms with van der Waals surface area (Å²) in [6, 6.07) is 4.07. The molecule has 2 aliphatic heterocycles. The molecule has 1 amide bonds. The van der Waals surface area contributed by atoms with Crippen LogP contribution in [0.15, 0.2) is 12.1 Å². The normalized spacial score (nSPS) is 24.2. The molecule has 2 fully saturated rings. The summed E-state index contributed by atoms with van der Waals surface area (Å²) in [7, 11) is 0. The minimum Gasteiger partial charge on any atom is -0.339 e. The van der Waals surface area contributed by atoms with Gasteiger partial charge in [0.05, 0.1) is 10.4 Å². The summed E-state index contributed by atoms with van der Waals surface area (Å²) < 4.78 is 0.846. The Balaban J connectivity index is 1.48. The standard InChI is InChI=1S/C13H18ClN3OS2/c14-12-2-1-10(20-12)7-16-3-5-17(6-4-16)13(18)11-8-19-9-15-11/h1-2,11,15H,3-9H2. The maximum Gasteiger partial charge on any atom is 0.240 e. The Morgan fingerprint density at radius 1 is 1.35 bits per heavy atom. The highest BCUT2D eigenvalue weighted by Gasteiger charge is 2.29. The van der Waals surface area contributed by atoms with Crippen LogP contribution in [0.4, 0.5) is 0 Å². The van der Waals surface area contributed by atoms with Gasteiger partial charge in [0.1, 0.15) is 0 Å². The third kappa shape index (κ3) is 3.49. The van der Waals surface area contributed by atoms with Crippen LogP contribution in [0.25, 0.3) is 0 Å². The van der Waals surface area contributed by atoms with Crippen molar-refractivity contribution in [2.24, 2.45) is 0 Å². The molecule has 3 heterocycles. The van der Waals surface area contributed by atoms with Crippen LogP contribution >= 0.6 is 34.7 Å². The number of rotatable bonds is 3. The lowest BCUT2D eigenvalue weighted by Gasteiger charge is -2.35. The average molecular weight is 332 g/mol.